The molecule has 2 heterocycles. The van der Waals surface area contributed by atoms with Gasteiger partial charge < -0.3 is 11.1 Å². The Kier molecular flexibility index (Phi) is 2.83. The number of aromatic amines is 1. The molecule has 3 rings (SSSR count). The standard InChI is InChI=1S/C14H13N5O/c1-8-12(15)13(19-18-8)14(20)17-10-6-9-4-2-3-5-11(9)16-7-10/h2-7H,15H2,1H3,(H,17,20)(H,18,19). The Morgan fingerprint density at radius 2 is 2.15 bits per heavy atom. The number of nitrogens with zero attached hydrogens (tertiary/aromatic N) is 2. The zero-order valence-corrected chi connectivity index (χ0v) is 10.8. The molecule has 0 saturated carbocycles. The van der Waals surface area contributed by atoms with Crippen molar-refractivity contribution < 1.29 is 4.79 Å². The summed E-state index contributed by atoms with van der Waals surface area (Å²) in [5, 5.41) is 10.3. The Morgan fingerprint density at radius 3 is 2.90 bits per heavy atom. The molecule has 0 unspecified atom stereocenters. The molecule has 0 saturated heterocycles. The van der Waals surface area contributed by atoms with E-state index in [-0.39, 0.29) is 11.6 Å². The van der Waals surface area contributed by atoms with E-state index in [1.165, 1.54) is 0 Å². The summed E-state index contributed by atoms with van der Waals surface area (Å²) in [6, 6.07) is 9.54. The van der Waals surface area contributed by atoms with Crippen molar-refractivity contribution >= 4 is 28.2 Å². The highest BCUT2D eigenvalue weighted by atomic mass is 16.2. The van der Waals surface area contributed by atoms with Crippen molar-refractivity contribution in [1.29, 1.82) is 0 Å². The zero-order valence-electron chi connectivity index (χ0n) is 10.8. The second-order valence-electron chi connectivity index (χ2n) is 4.48. The summed E-state index contributed by atoms with van der Waals surface area (Å²) in [5.74, 6) is -0.357. The molecule has 0 aliphatic carbocycles. The number of hydrogen-bond acceptors (Lipinski definition) is 4. The van der Waals surface area contributed by atoms with Crippen LogP contribution in [0.25, 0.3) is 10.9 Å². The van der Waals surface area contributed by atoms with Gasteiger partial charge in [0.25, 0.3) is 5.91 Å². The molecular formula is C14H13N5O. The van der Waals surface area contributed by atoms with Gasteiger partial charge in [-0.3, -0.25) is 14.9 Å². The van der Waals surface area contributed by atoms with Gasteiger partial charge in [0.15, 0.2) is 5.69 Å². The van der Waals surface area contributed by atoms with Crippen LogP contribution in [0.5, 0.6) is 0 Å². The van der Waals surface area contributed by atoms with E-state index >= 15 is 0 Å². The molecule has 1 amide bonds. The second-order valence-corrected chi connectivity index (χ2v) is 4.48. The van der Waals surface area contributed by atoms with Crippen LogP contribution < -0.4 is 11.1 Å². The van der Waals surface area contributed by atoms with E-state index in [9.17, 15) is 4.79 Å². The lowest BCUT2D eigenvalue weighted by atomic mass is 10.2. The minimum Gasteiger partial charge on any atom is -0.395 e. The topological polar surface area (TPSA) is 96.7 Å². The number of aryl methyl sites for hydroxylation is 1. The van der Waals surface area contributed by atoms with Gasteiger partial charge in [-0.05, 0) is 19.1 Å². The Balaban J connectivity index is 1.89. The van der Waals surface area contributed by atoms with Gasteiger partial charge in [0.1, 0.15) is 0 Å². The summed E-state index contributed by atoms with van der Waals surface area (Å²) in [4.78, 5) is 16.4. The number of aromatic nitrogens is 3. The number of nitrogens with one attached hydrogen (secondary N) is 2. The number of anilines is 2. The summed E-state index contributed by atoms with van der Waals surface area (Å²) >= 11 is 0. The molecule has 20 heavy (non-hydrogen) atoms. The maximum absolute atomic E-state index is 12.1. The number of benzene rings is 1. The molecule has 0 spiro atoms. The highest BCUT2D eigenvalue weighted by Gasteiger charge is 2.15. The van der Waals surface area contributed by atoms with E-state index in [1.54, 1.807) is 13.1 Å². The predicted molar refractivity (Wildman–Crippen MR) is 77.4 cm³/mol. The lowest BCUT2D eigenvalue weighted by molar-refractivity contribution is 0.102. The fourth-order valence-corrected chi connectivity index (χ4v) is 1.94. The first kappa shape index (κ1) is 12.2. The van der Waals surface area contributed by atoms with Crippen LogP contribution in [-0.4, -0.2) is 21.1 Å². The van der Waals surface area contributed by atoms with E-state index in [2.05, 4.69) is 20.5 Å². The van der Waals surface area contributed by atoms with Crippen LogP contribution in [0.4, 0.5) is 11.4 Å². The van der Waals surface area contributed by atoms with Crippen LogP contribution in [0.15, 0.2) is 36.5 Å². The number of rotatable bonds is 2. The fourth-order valence-electron chi connectivity index (χ4n) is 1.94. The van der Waals surface area contributed by atoms with Gasteiger partial charge >= 0.3 is 0 Å². The molecule has 4 N–H and O–H groups in total. The van der Waals surface area contributed by atoms with Crippen LogP contribution in [0.2, 0.25) is 0 Å². The number of pyridine rings is 1. The third kappa shape index (κ3) is 2.07. The number of H-pyrrole nitrogens is 1. The number of amides is 1. The fraction of sp³-hybridized carbons (Fsp3) is 0.0714. The molecule has 0 aliphatic heterocycles. The molecule has 6 heteroatoms. The summed E-state index contributed by atoms with van der Waals surface area (Å²) < 4.78 is 0. The molecule has 6 nitrogen and oxygen atoms in total. The lowest BCUT2D eigenvalue weighted by Crippen LogP contribution is -2.14. The Labute approximate surface area is 115 Å². The van der Waals surface area contributed by atoms with E-state index < -0.39 is 0 Å². The van der Waals surface area contributed by atoms with E-state index in [0.29, 0.717) is 17.1 Å². The SMILES string of the molecule is Cc1[nH]nc(C(=O)Nc2cnc3ccccc3c2)c1N. The zero-order chi connectivity index (χ0) is 14.1. The van der Waals surface area contributed by atoms with Gasteiger partial charge in [-0.2, -0.15) is 5.10 Å². The average Bonchev–Trinajstić information content (AvgIpc) is 2.79. The third-order valence-electron chi connectivity index (χ3n) is 3.06. The number of hydrogen-bond donors (Lipinski definition) is 3. The minimum absolute atomic E-state index is 0.190. The van der Waals surface area contributed by atoms with E-state index in [1.807, 2.05) is 30.3 Å². The van der Waals surface area contributed by atoms with Crippen LogP contribution >= 0.6 is 0 Å². The first-order chi connectivity index (χ1) is 9.65. The molecule has 0 fully saturated rings. The molecule has 0 bridgehead atoms. The number of carbonyl (C=O) groups is 1. The molecule has 3 aromatic rings. The third-order valence-corrected chi connectivity index (χ3v) is 3.06. The number of para-hydroxylation sites is 1. The first-order valence-corrected chi connectivity index (χ1v) is 6.12. The quantitative estimate of drug-likeness (QED) is 0.662. The van der Waals surface area contributed by atoms with Gasteiger partial charge in [-0.15, -0.1) is 0 Å². The van der Waals surface area contributed by atoms with Crippen LogP contribution in [-0.2, 0) is 0 Å². The van der Waals surface area contributed by atoms with Gasteiger partial charge in [0.05, 0.1) is 28.8 Å². The smallest absolute Gasteiger partial charge is 0.278 e. The van der Waals surface area contributed by atoms with Crippen LogP contribution in [0.1, 0.15) is 16.2 Å². The van der Waals surface area contributed by atoms with Gasteiger partial charge in [-0.25, -0.2) is 0 Å². The van der Waals surface area contributed by atoms with Crippen molar-refractivity contribution in [2.75, 3.05) is 11.1 Å². The highest BCUT2D eigenvalue weighted by Crippen LogP contribution is 2.18. The number of carbonyl (C=O) groups excluding carboxylic acids is 1. The van der Waals surface area contributed by atoms with Crippen LogP contribution in [0.3, 0.4) is 0 Å². The maximum Gasteiger partial charge on any atom is 0.278 e. The monoisotopic (exact) mass is 267 g/mol. The van der Waals surface area contributed by atoms with Crippen molar-refractivity contribution in [1.82, 2.24) is 15.2 Å². The van der Waals surface area contributed by atoms with Crippen molar-refractivity contribution in [2.24, 2.45) is 0 Å². The predicted octanol–water partition coefficient (Wildman–Crippen LogP) is 2.10. The summed E-state index contributed by atoms with van der Waals surface area (Å²) in [7, 11) is 0. The maximum atomic E-state index is 12.1. The lowest BCUT2D eigenvalue weighted by Gasteiger charge is -2.05. The molecule has 2 aromatic heterocycles. The molecular weight excluding hydrogens is 254 g/mol. The van der Waals surface area contributed by atoms with E-state index in [4.69, 9.17) is 5.73 Å². The van der Waals surface area contributed by atoms with E-state index in [0.717, 1.165) is 10.9 Å². The summed E-state index contributed by atoms with van der Waals surface area (Å²) in [6.07, 6.45) is 1.61. The van der Waals surface area contributed by atoms with Gasteiger partial charge in [-0.1, -0.05) is 18.2 Å². The average molecular weight is 267 g/mol. The number of nitrogen functional groups attached to an aromatic ring is 1. The Morgan fingerprint density at radius 1 is 1.35 bits per heavy atom. The Hall–Kier alpha value is -2.89. The summed E-state index contributed by atoms with van der Waals surface area (Å²) in [5.41, 5.74) is 8.48. The van der Waals surface area contributed by atoms with Crippen LogP contribution in [0, 0.1) is 6.92 Å². The second kappa shape index (κ2) is 4.65. The van der Waals surface area contributed by atoms with Crippen molar-refractivity contribution in [3.63, 3.8) is 0 Å². The Bertz CT molecular complexity index is 793. The normalized spacial score (nSPS) is 10.7. The number of nitrogens with two attached hydrogens (primary N) is 1. The molecule has 0 aliphatic rings. The highest BCUT2D eigenvalue weighted by molar-refractivity contribution is 6.07. The minimum atomic E-state index is -0.357. The number of fused-ring (bicyclic) bond motifs is 1. The van der Waals surface area contributed by atoms with Crippen molar-refractivity contribution in [3.05, 3.63) is 47.9 Å². The molecule has 0 atom stereocenters. The molecule has 0 radical (unpaired) electrons. The molecule has 100 valence electrons. The molecule has 1 aromatic carbocycles. The van der Waals surface area contributed by atoms with Crippen molar-refractivity contribution in [2.45, 2.75) is 6.92 Å². The first-order valence-electron chi connectivity index (χ1n) is 6.12. The van der Waals surface area contributed by atoms with Gasteiger partial charge in [0, 0.05) is 5.39 Å². The largest absolute Gasteiger partial charge is 0.395 e. The van der Waals surface area contributed by atoms with Crippen molar-refractivity contribution in [3.8, 4) is 0 Å². The van der Waals surface area contributed by atoms with Gasteiger partial charge in [0.2, 0.25) is 0 Å². The summed E-state index contributed by atoms with van der Waals surface area (Å²) in [6.45, 7) is 1.76.